The molecule has 80 valence electrons. The lowest BCUT2D eigenvalue weighted by Crippen LogP contribution is -2.37. The Morgan fingerprint density at radius 2 is 2.14 bits per heavy atom. The van der Waals surface area contributed by atoms with E-state index in [0.29, 0.717) is 4.88 Å². The number of thiophene rings is 1. The first-order chi connectivity index (χ1) is 6.46. The highest BCUT2D eigenvalue weighted by molar-refractivity contribution is 7.10. The summed E-state index contributed by atoms with van der Waals surface area (Å²) in [6.45, 7) is -0.221. The Hall–Kier alpha value is -0.590. The van der Waals surface area contributed by atoms with Crippen molar-refractivity contribution in [2.24, 2.45) is 5.73 Å². The van der Waals surface area contributed by atoms with E-state index in [0.717, 1.165) is 11.3 Å². The van der Waals surface area contributed by atoms with Crippen molar-refractivity contribution in [1.29, 1.82) is 0 Å². The highest BCUT2D eigenvalue weighted by Crippen LogP contribution is 2.32. The molecule has 1 rings (SSSR count). The van der Waals surface area contributed by atoms with Crippen LogP contribution in [0, 0.1) is 0 Å². The van der Waals surface area contributed by atoms with Gasteiger partial charge in [0, 0.05) is 17.3 Å². The molecule has 1 heterocycles. The molecule has 1 aromatic rings. The van der Waals surface area contributed by atoms with Crippen molar-refractivity contribution < 1.29 is 18.3 Å². The van der Waals surface area contributed by atoms with Crippen molar-refractivity contribution in [3.05, 3.63) is 22.4 Å². The van der Waals surface area contributed by atoms with Crippen molar-refractivity contribution in [2.75, 3.05) is 6.54 Å². The van der Waals surface area contributed by atoms with Gasteiger partial charge in [0.1, 0.15) is 0 Å². The van der Waals surface area contributed by atoms with E-state index in [-0.39, 0.29) is 6.54 Å². The molecule has 2 nitrogen and oxygen atoms in total. The first kappa shape index (κ1) is 11.5. The van der Waals surface area contributed by atoms with Gasteiger partial charge < -0.3 is 10.8 Å². The number of rotatable bonds is 3. The van der Waals surface area contributed by atoms with Gasteiger partial charge in [-0.05, 0) is 11.4 Å². The number of aliphatic hydroxyl groups is 1. The van der Waals surface area contributed by atoms with E-state index in [1.807, 2.05) is 0 Å². The van der Waals surface area contributed by atoms with Gasteiger partial charge in [0.2, 0.25) is 0 Å². The molecule has 2 unspecified atom stereocenters. The molecule has 0 bridgehead atoms. The summed E-state index contributed by atoms with van der Waals surface area (Å²) < 4.78 is 36.5. The average Bonchev–Trinajstić information content (AvgIpc) is 2.57. The van der Waals surface area contributed by atoms with Gasteiger partial charge in [0.05, 0.1) is 0 Å². The molecule has 0 amide bonds. The van der Waals surface area contributed by atoms with Gasteiger partial charge in [-0.25, -0.2) is 0 Å². The fourth-order valence-electron chi connectivity index (χ4n) is 1.13. The monoisotopic (exact) mass is 225 g/mol. The van der Waals surface area contributed by atoms with Crippen molar-refractivity contribution >= 4 is 11.3 Å². The SMILES string of the molecule is NCC(c1cccs1)C(O)C(F)(F)F. The molecule has 0 aliphatic rings. The van der Waals surface area contributed by atoms with E-state index < -0.39 is 18.2 Å². The summed E-state index contributed by atoms with van der Waals surface area (Å²) in [5.41, 5.74) is 5.21. The molecule has 3 N–H and O–H groups in total. The molecule has 0 saturated carbocycles. The second kappa shape index (κ2) is 4.29. The average molecular weight is 225 g/mol. The molecule has 0 radical (unpaired) electrons. The van der Waals surface area contributed by atoms with Crippen molar-refractivity contribution in [3.8, 4) is 0 Å². The lowest BCUT2D eigenvalue weighted by Gasteiger charge is -2.22. The minimum Gasteiger partial charge on any atom is -0.383 e. The normalized spacial score (nSPS) is 16.6. The summed E-state index contributed by atoms with van der Waals surface area (Å²) in [7, 11) is 0. The maximum absolute atomic E-state index is 12.2. The van der Waals surface area contributed by atoms with E-state index in [1.54, 1.807) is 11.4 Å². The molecule has 1 aromatic heterocycles. The molecule has 6 heteroatoms. The Morgan fingerprint density at radius 1 is 1.50 bits per heavy atom. The Balaban J connectivity index is 2.83. The van der Waals surface area contributed by atoms with Crippen LogP contribution in [0.25, 0.3) is 0 Å². The van der Waals surface area contributed by atoms with Crippen molar-refractivity contribution in [1.82, 2.24) is 0 Å². The smallest absolute Gasteiger partial charge is 0.383 e. The standard InChI is InChI=1S/C8H10F3NOS/c9-8(10,11)7(13)5(4-12)6-2-1-3-14-6/h1-3,5,7,13H,4,12H2. The predicted octanol–water partition coefficient (Wildman–Crippen LogP) is 1.71. The Kier molecular flexibility index (Phi) is 3.52. The summed E-state index contributed by atoms with van der Waals surface area (Å²) in [5.74, 6) is -1.06. The first-order valence-corrected chi connectivity index (χ1v) is 4.83. The van der Waals surface area contributed by atoms with E-state index >= 15 is 0 Å². The van der Waals surface area contributed by atoms with Gasteiger partial charge in [0.15, 0.2) is 6.10 Å². The third-order valence-corrected chi connectivity index (χ3v) is 2.88. The van der Waals surface area contributed by atoms with Crippen molar-refractivity contribution in [3.63, 3.8) is 0 Å². The van der Waals surface area contributed by atoms with Crippen LogP contribution in [0.5, 0.6) is 0 Å². The number of hydrogen-bond acceptors (Lipinski definition) is 3. The van der Waals surface area contributed by atoms with Crippen LogP contribution in [0.15, 0.2) is 17.5 Å². The predicted molar refractivity (Wildman–Crippen MR) is 48.2 cm³/mol. The van der Waals surface area contributed by atoms with Crippen LogP contribution < -0.4 is 5.73 Å². The molecule has 0 spiro atoms. The molecular formula is C8H10F3NOS. The van der Waals surface area contributed by atoms with Gasteiger partial charge in [-0.2, -0.15) is 13.2 Å². The fourth-order valence-corrected chi connectivity index (χ4v) is 2.00. The lowest BCUT2D eigenvalue weighted by molar-refractivity contribution is -0.209. The molecule has 0 fully saturated rings. The van der Waals surface area contributed by atoms with Gasteiger partial charge in [-0.3, -0.25) is 0 Å². The highest BCUT2D eigenvalue weighted by Gasteiger charge is 2.43. The maximum atomic E-state index is 12.2. The van der Waals surface area contributed by atoms with Crippen LogP contribution in [0.3, 0.4) is 0 Å². The maximum Gasteiger partial charge on any atom is 0.415 e. The number of alkyl halides is 3. The third-order valence-electron chi connectivity index (χ3n) is 1.88. The van der Waals surface area contributed by atoms with Gasteiger partial charge >= 0.3 is 6.18 Å². The van der Waals surface area contributed by atoms with Crippen LogP contribution in [-0.2, 0) is 0 Å². The third kappa shape index (κ3) is 2.46. The van der Waals surface area contributed by atoms with Crippen LogP contribution in [0.4, 0.5) is 13.2 Å². The van der Waals surface area contributed by atoms with E-state index in [2.05, 4.69) is 0 Å². The molecular weight excluding hydrogens is 215 g/mol. The van der Waals surface area contributed by atoms with Crippen LogP contribution in [0.2, 0.25) is 0 Å². The summed E-state index contributed by atoms with van der Waals surface area (Å²) in [5, 5.41) is 10.7. The zero-order chi connectivity index (χ0) is 10.8. The van der Waals surface area contributed by atoms with Crippen LogP contribution in [0.1, 0.15) is 10.8 Å². The van der Waals surface area contributed by atoms with Crippen LogP contribution >= 0.6 is 11.3 Å². The van der Waals surface area contributed by atoms with Gasteiger partial charge in [-0.1, -0.05) is 6.07 Å². The zero-order valence-corrected chi connectivity index (χ0v) is 7.98. The summed E-state index contributed by atoms with van der Waals surface area (Å²) in [4.78, 5) is 0.456. The quantitative estimate of drug-likeness (QED) is 0.822. The van der Waals surface area contributed by atoms with E-state index in [1.165, 1.54) is 6.07 Å². The largest absolute Gasteiger partial charge is 0.415 e. The Morgan fingerprint density at radius 3 is 2.50 bits per heavy atom. The first-order valence-electron chi connectivity index (χ1n) is 3.95. The lowest BCUT2D eigenvalue weighted by atomic mass is 10.0. The van der Waals surface area contributed by atoms with Gasteiger partial charge in [0.25, 0.3) is 0 Å². The van der Waals surface area contributed by atoms with Gasteiger partial charge in [-0.15, -0.1) is 11.3 Å². The molecule has 0 aliphatic carbocycles. The van der Waals surface area contributed by atoms with Crippen LogP contribution in [-0.4, -0.2) is 23.9 Å². The minimum absolute atomic E-state index is 0.221. The topological polar surface area (TPSA) is 46.2 Å². The van der Waals surface area contributed by atoms with E-state index in [9.17, 15) is 13.2 Å². The number of halogens is 3. The summed E-state index contributed by atoms with van der Waals surface area (Å²) in [6.07, 6.45) is -7.00. The Bertz CT molecular complexity index is 273. The number of nitrogens with two attached hydrogens (primary N) is 1. The number of aliphatic hydroxyl groups excluding tert-OH is 1. The minimum atomic E-state index is -4.62. The highest BCUT2D eigenvalue weighted by atomic mass is 32.1. The molecule has 0 aliphatic heterocycles. The number of hydrogen-bond donors (Lipinski definition) is 2. The van der Waals surface area contributed by atoms with E-state index in [4.69, 9.17) is 10.8 Å². The molecule has 0 saturated heterocycles. The molecule has 14 heavy (non-hydrogen) atoms. The Labute approximate surface area is 83.2 Å². The molecule has 0 aromatic carbocycles. The summed E-state index contributed by atoms with van der Waals surface area (Å²) >= 11 is 1.16. The van der Waals surface area contributed by atoms with Crippen molar-refractivity contribution in [2.45, 2.75) is 18.2 Å². The summed E-state index contributed by atoms with van der Waals surface area (Å²) in [6, 6.07) is 3.17. The second-order valence-electron chi connectivity index (χ2n) is 2.84. The fraction of sp³-hybridized carbons (Fsp3) is 0.500. The second-order valence-corrected chi connectivity index (χ2v) is 3.82. The molecule has 2 atom stereocenters. The zero-order valence-electron chi connectivity index (χ0n) is 7.16.